The molecule has 0 spiro atoms. The van der Waals surface area contributed by atoms with Crippen molar-refractivity contribution < 1.29 is 9.53 Å². The lowest BCUT2D eigenvalue weighted by Gasteiger charge is -1.99. The number of anilines is 1. The van der Waals surface area contributed by atoms with Gasteiger partial charge in [0.05, 0.1) is 35.9 Å². The standard InChI is InChI=1S/C10H10ClN5O2/c1-2-18-9(17)8-7(12)5-16(15-8)10-13-3-6(11)4-14-10/h3-5H,2,12H2,1H3. The van der Waals surface area contributed by atoms with Crippen LogP contribution in [0, 0.1) is 0 Å². The number of hydrogen-bond donors (Lipinski definition) is 1. The zero-order valence-corrected chi connectivity index (χ0v) is 10.3. The van der Waals surface area contributed by atoms with Crippen LogP contribution < -0.4 is 5.73 Å². The van der Waals surface area contributed by atoms with E-state index in [4.69, 9.17) is 22.1 Å². The van der Waals surface area contributed by atoms with Gasteiger partial charge in [-0.05, 0) is 6.92 Å². The van der Waals surface area contributed by atoms with Crippen LogP contribution in [0.5, 0.6) is 0 Å². The number of hydrogen-bond acceptors (Lipinski definition) is 6. The van der Waals surface area contributed by atoms with Gasteiger partial charge in [-0.15, -0.1) is 0 Å². The lowest BCUT2D eigenvalue weighted by Crippen LogP contribution is -2.09. The van der Waals surface area contributed by atoms with Crippen molar-refractivity contribution in [3.05, 3.63) is 29.3 Å². The van der Waals surface area contributed by atoms with E-state index in [1.54, 1.807) is 6.92 Å². The van der Waals surface area contributed by atoms with Crippen LogP contribution in [0.4, 0.5) is 5.69 Å². The highest BCUT2D eigenvalue weighted by Gasteiger charge is 2.17. The fourth-order valence-electron chi connectivity index (χ4n) is 1.27. The van der Waals surface area contributed by atoms with Crippen LogP contribution in [0.1, 0.15) is 17.4 Å². The summed E-state index contributed by atoms with van der Waals surface area (Å²) in [6.07, 6.45) is 4.28. The fourth-order valence-corrected chi connectivity index (χ4v) is 1.37. The summed E-state index contributed by atoms with van der Waals surface area (Å²) < 4.78 is 6.11. The minimum absolute atomic E-state index is 0.0374. The molecule has 0 atom stereocenters. The molecule has 94 valence electrons. The normalized spacial score (nSPS) is 10.3. The van der Waals surface area contributed by atoms with Crippen LogP contribution in [0.2, 0.25) is 5.02 Å². The number of ether oxygens (including phenoxy) is 1. The lowest BCUT2D eigenvalue weighted by molar-refractivity contribution is 0.0520. The average Bonchev–Trinajstić information content (AvgIpc) is 2.72. The second-order valence-electron chi connectivity index (χ2n) is 3.30. The molecule has 0 radical (unpaired) electrons. The van der Waals surface area contributed by atoms with E-state index < -0.39 is 5.97 Å². The van der Waals surface area contributed by atoms with Crippen LogP contribution in [-0.4, -0.2) is 32.3 Å². The first-order valence-electron chi connectivity index (χ1n) is 5.12. The van der Waals surface area contributed by atoms with Crippen molar-refractivity contribution in [3.8, 4) is 5.95 Å². The summed E-state index contributed by atoms with van der Waals surface area (Å²) in [6, 6.07) is 0. The van der Waals surface area contributed by atoms with Gasteiger partial charge in [0.1, 0.15) is 0 Å². The molecule has 2 aromatic rings. The predicted octanol–water partition coefficient (Wildman–Crippen LogP) is 1.07. The summed E-state index contributed by atoms with van der Waals surface area (Å²) in [5.74, 6) is -0.315. The van der Waals surface area contributed by atoms with Crippen molar-refractivity contribution in [1.82, 2.24) is 19.7 Å². The maximum absolute atomic E-state index is 11.5. The van der Waals surface area contributed by atoms with Gasteiger partial charge in [-0.1, -0.05) is 11.6 Å². The number of aromatic nitrogens is 4. The van der Waals surface area contributed by atoms with E-state index in [9.17, 15) is 4.79 Å². The summed E-state index contributed by atoms with van der Waals surface area (Å²) in [6.45, 7) is 1.95. The number of carbonyl (C=O) groups excluding carboxylic acids is 1. The van der Waals surface area contributed by atoms with Gasteiger partial charge in [0.2, 0.25) is 0 Å². The van der Waals surface area contributed by atoms with Crippen molar-refractivity contribution in [2.24, 2.45) is 0 Å². The van der Waals surface area contributed by atoms with Crippen molar-refractivity contribution in [2.45, 2.75) is 6.92 Å². The number of esters is 1. The van der Waals surface area contributed by atoms with E-state index >= 15 is 0 Å². The van der Waals surface area contributed by atoms with Gasteiger partial charge in [-0.3, -0.25) is 0 Å². The molecule has 18 heavy (non-hydrogen) atoms. The Bertz CT molecular complexity index is 566. The van der Waals surface area contributed by atoms with Crippen molar-refractivity contribution in [1.29, 1.82) is 0 Å². The Hall–Kier alpha value is -2.15. The van der Waals surface area contributed by atoms with E-state index in [1.807, 2.05) is 0 Å². The molecule has 0 aliphatic rings. The zero-order valence-electron chi connectivity index (χ0n) is 9.50. The Morgan fingerprint density at radius 2 is 2.17 bits per heavy atom. The van der Waals surface area contributed by atoms with Gasteiger partial charge in [-0.25, -0.2) is 19.4 Å². The number of nitrogens with zero attached hydrogens (tertiary/aromatic N) is 4. The van der Waals surface area contributed by atoms with E-state index in [0.717, 1.165) is 0 Å². The van der Waals surface area contributed by atoms with Gasteiger partial charge >= 0.3 is 5.97 Å². The molecular weight excluding hydrogens is 258 g/mol. The summed E-state index contributed by atoms with van der Waals surface area (Å²) in [5, 5.41) is 4.38. The quantitative estimate of drug-likeness (QED) is 0.836. The van der Waals surface area contributed by atoms with Crippen LogP contribution >= 0.6 is 11.6 Å². The van der Waals surface area contributed by atoms with Gasteiger partial charge in [0.25, 0.3) is 5.95 Å². The van der Waals surface area contributed by atoms with Crippen LogP contribution in [0.25, 0.3) is 5.95 Å². The van der Waals surface area contributed by atoms with Crippen LogP contribution in [0.15, 0.2) is 18.6 Å². The highest BCUT2D eigenvalue weighted by molar-refractivity contribution is 6.30. The number of halogens is 1. The zero-order chi connectivity index (χ0) is 13.1. The fraction of sp³-hybridized carbons (Fsp3) is 0.200. The highest BCUT2D eigenvalue weighted by Crippen LogP contribution is 2.13. The van der Waals surface area contributed by atoms with Crippen molar-refractivity contribution >= 4 is 23.3 Å². The molecule has 2 heterocycles. The lowest BCUT2D eigenvalue weighted by atomic mass is 10.4. The number of nitrogens with two attached hydrogens (primary N) is 1. The second-order valence-corrected chi connectivity index (χ2v) is 3.74. The molecule has 0 unspecified atom stereocenters. The maximum Gasteiger partial charge on any atom is 0.361 e. The van der Waals surface area contributed by atoms with E-state index in [2.05, 4.69) is 15.1 Å². The van der Waals surface area contributed by atoms with Crippen molar-refractivity contribution in [2.75, 3.05) is 12.3 Å². The molecule has 0 fully saturated rings. The third-order valence-corrected chi connectivity index (χ3v) is 2.22. The van der Waals surface area contributed by atoms with Gasteiger partial charge in [0, 0.05) is 0 Å². The largest absolute Gasteiger partial charge is 0.461 e. The molecule has 2 aromatic heterocycles. The van der Waals surface area contributed by atoms with Crippen molar-refractivity contribution in [3.63, 3.8) is 0 Å². The molecule has 0 saturated carbocycles. The smallest absolute Gasteiger partial charge is 0.361 e. The summed E-state index contributed by atoms with van der Waals surface area (Å²) in [5.41, 5.74) is 5.91. The van der Waals surface area contributed by atoms with Gasteiger partial charge in [0.15, 0.2) is 5.69 Å². The summed E-state index contributed by atoms with van der Waals surface area (Å²) in [4.78, 5) is 19.4. The third kappa shape index (κ3) is 2.40. The van der Waals surface area contributed by atoms with E-state index in [-0.39, 0.29) is 23.9 Å². The Balaban J connectivity index is 2.34. The first-order valence-corrected chi connectivity index (χ1v) is 5.49. The topological polar surface area (TPSA) is 95.9 Å². The number of nitrogen functional groups attached to an aromatic ring is 1. The monoisotopic (exact) mass is 267 g/mol. The molecule has 2 rings (SSSR count). The summed E-state index contributed by atoms with van der Waals surface area (Å²) in [7, 11) is 0. The maximum atomic E-state index is 11.5. The molecule has 2 N–H and O–H groups in total. The van der Waals surface area contributed by atoms with Gasteiger partial charge < -0.3 is 10.5 Å². The molecule has 7 nitrogen and oxygen atoms in total. The minimum atomic E-state index is -0.581. The second kappa shape index (κ2) is 5.01. The molecule has 0 aromatic carbocycles. The molecule has 0 aliphatic heterocycles. The predicted molar refractivity (Wildman–Crippen MR) is 64.5 cm³/mol. The van der Waals surface area contributed by atoms with E-state index in [0.29, 0.717) is 5.02 Å². The molecule has 0 saturated heterocycles. The van der Waals surface area contributed by atoms with E-state index in [1.165, 1.54) is 23.3 Å². The Kier molecular flexibility index (Phi) is 3.42. The average molecular weight is 268 g/mol. The third-order valence-electron chi connectivity index (χ3n) is 2.02. The molecule has 0 aliphatic carbocycles. The first-order chi connectivity index (χ1) is 8.61. The molecule has 0 bridgehead atoms. The highest BCUT2D eigenvalue weighted by atomic mass is 35.5. The first kappa shape index (κ1) is 12.3. The van der Waals surface area contributed by atoms with Crippen LogP contribution in [0.3, 0.4) is 0 Å². The molecule has 0 amide bonds. The number of rotatable bonds is 3. The Labute approximate surface area is 108 Å². The molecule has 8 heteroatoms. The van der Waals surface area contributed by atoms with Gasteiger partial charge in [-0.2, -0.15) is 5.10 Å². The Morgan fingerprint density at radius 3 is 2.78 bits per heavy atom. The van der Waals surface area contributed by atoms with Crippen LogP contribution in [-0.2, 0) is 4.74 Å². The SMILES string of the molecule is CCOC(=O)c1nn(-c2ncc(Cl)cn2)cc1N. The Morgan fingerprint density at radius 1 is 1.50 bits per heavy atom. The molecular formula is C10H10ClN5O2. The minimum Gasteiger partial charge on any atom is -0.461 e. The summed E-state index contributed by atoms with van der Waals surface area (Å²) >= 11 is 5.67. The number of carbonyl (C=O) groups is 1.